The van der Waals surface area contributed by atoms with E-state index >= 15 is 0 Å². The van der Waals surface area contributed by atoms with Crippen molar-refractivity contribution in [2.45, 2.75) is 6.61 Å². The number of aryl methyl sites for hydroxylation is 1. The molecule has 0 radical (unpaired) electrons. The van der Waals surface area contributed by atoms with Crippen LogP contribution in [0.15, 0.2) is 60.9 Å². The van der Waals surface area contributed by atoms with E-state index in [0.717, 1.165) is 17.0 Å². The summed E-state index contributed by atoms with van der Waals surface area (Å²) in [5.41, 5.74) is 3.32. The molecule has 4 rings (SSSR count). The van der Waals surface area contributed by atoms with E-state index in [1.54, 1.807) is 11.7 Å². The second-order valence-corrected chi connectivity index (χ2v) is 5.53. The molecule has 0 bridgehead atoms. The Kier molecular flexibility index (Phi) is 3.96. The van der Waals surface area contributed by atoms with E-state index in [0.29, 0.717) is 23.6 Å². The molecule has 0 atom stereocenters. The van der Waals surface area contributed by atoms with Crippen molar-refractivity contribution in [1.29, 1.82) is 0 Å². The molecule has 0 aliphatic heterocycles. The first kappa shape index (κ1) is 15.1. The number of nitrogens with one attached hydrogen (secondary N) is 1. The highest BCUT2D eigenvalue weighted by molar-refractivity contribution is 5.84. The summed E-state index contributed by atoms with van der Waals surface area (Å²) in [6.45, 7) is 0.520. The molecule has 0 aliphatic rings. The molecule has 0 aliphatic carbocycles. The third kappa shape index (κ3) is 3.25. The molecule has 0 unspecified atom stereocenters. The van der Waals surface area contributed by atoms with Crippen LogP contribution >= 0.6 is 0 Å². The fourth-order valence-electron chi connectivity index (χ4n) is 2.45. The van der Waals surface area contributed by atoms with Gasteiger partial charge in [-0.1, -0.05) is 35.5 Å². The minimum absolute atomic E-state index is 0.520. The minimum Gasteiger partial charge on any atom is -0.489 e. The number of anilines is 2. The predicted octanol–water partition coefficient (Wildman–Crippen LogP) is 3.08. The first-order valence-electron chi connectivity index (χ1n) is 7.84. The third-order valence-electron chi connectivity index (χ3n) is 3.75. The molecular weight excluding hydrogens is 316 g/mol. The van der Waals surface area contributed by atoms with Crippen LogP contribution in [-0.2, 0) is 13.7 Å². The molecule has 2 aromatic carbocycles. The van der Waals surface area contributed by atoms with Gasteiger partial charge in [-0.05, 0) is 29.8 Å². The molecule has 0 spiro atoms. The SMILES string of the molecule is Cn1nnc2c(Nc3ccc(COc4ccccc4)cc3)ncnc21. The van der Waals surface area contributed by atoms with Crippen molar-refractivity contribution in [3.8, 4) is 5.75 Å². The maximum atomic E-state index is 5.75. The molecule has 2 heterocycles. The highest BCUT2D eigenvalue weighted by atomic mass is 16.5. The normalized spacial score (nSPS) is 10.8. The van der Waals surface area contributed by atoms with Crippen LogP contribution in [0.5, 0.6) is 5.75 Å². The Labute approximate surface area is 144 Å². The van der Waals surface area contributed by atoms with Crippen molar-refractivity contribution in [3.63, 3.8) is 0 Å². The van der Waals surface area contributed by atoms with Gasteiger partial charge in [0, 0.05) is 12.7 Å². The van der Waals surface area contributed by atoms with Crippen molar-refractivity contribution < 1.29 is 4.74 Å². The lowest BCUT2D eigenvalue weighted by Crippen LogP contribution is -1.98. The molecule has 4 aromatic rings. The quantitative estimate of drug-likeness (QED) is 0.605. The molecule has 0 fully saturated rings. The molecule has 7 nitrogen and oxygen atoms in total. The van der Waals surface area contributed by atoms with Crippen LogP contribution in [0.1, 0.15) is 5.56 Å². The first-order chi connectivity index (χ1) is 12.3. The molecule has 2 aromatic heterocycles. The topological polar surface area (TPSA) is 77.8 Å². The van der Waals surface area contributed by atoms with Gasteiger partial charge < -0.3 is 10.1 Å². The Morgan fingerprint density at radius 2 is 1.80 bits per heavy atom. The number of nitrogens with zero attached hydrogens (tertiary/aromatic N) is 5. The maximum absolute atomic E-state index is 5.75. The van der Waals surface area contributed by atoms with Crippen LogP contribution < -0.4 is 10.1 Å². The lowest BCUT2D eigenvalue weighted by Gasteiger charge is -2.08. The molecule has 0 amide bonds. The van der Waals surface area contributed by atoms with Crippen LogP contribution in [0.25, 0.3) is 11.2 Å². The van der Waals surface area contributed by atoms with Crippen molar-refractivity contribution in [2.75, 3.05) is 5.32 Å². The van der Waals surface area contributed by atoms with Gasteiger partial charge in [-0.15, -0.1) is 5.10 Å². The first-order valence-corrected chi connectivity index (χ1v) is 7.84. The number of aromatic nitrogens is 5. The second kappa shape index (κ2) is 6.56. The van der Waals surface area contributed by atoms with Gasteiger partial charge in [-0.25, -0.2) is 14.6 Å². The average molecular weight is 332 g/mol. The number of hydrogen-bond donors (Lipinski definition) is 1. The van der Waals surface area contributed by atoms with E-state index in [4.69, 9.17) is 4.74 Å². The maximum Gasteiger partial charge on any atom is 0.183 e. The molecule has 124 valence electrons. The Morgan fingerprint density at radius 1 is 1.00 bits per heavy atom. The smallest absolute Gasteiger partial charge is 0.183 e. The van der Waals surface area contributed by atoms with Gasteiger partial charge in [0.05, 0.1) is 0 Å². The Morgan fingerprint density at radius 3 is 2.60 bits per heavy atom. The van der Waals surface area contributed by atoms with Crippen LogP contribution in [0.3, 0.4) is 0 Å². The zero-order chi connectivity index (χ0) is 17.1. The Bertz CT molecular complexity index is 982. The van der Waals surface area contributed by atoms with E-state index in [2.05, 4.69) is 25.6 Å². The number of ether oxygens (including phenoxy) is 1. The van der Waals surface area contributed by atoms with Crippen LogP contribution in [0, 0.1) is 0 Å². The van der Waals surface area contributed by atoms with E-state index in [-0.39, 0.29) is 0 Å². The second-order valence-electron chi connectivity index (χ2n) is 5.53. The van der Waals surface area contributed by atoms with E-state index < -0.39 is 0 Å². The van der Waals surface area contributed by atoms with Gasteiger partial charge in [0.2, 0.25) is 0 Å². The molecule has 7 heteroatoms. The molecule has 25 heavy (non-hydrogen) atoms. The van der Waals surface area contributed by atoms with Crippen LogP contribution in [0.2, 0.25) is 0 Å². The Balaban J connectivity index is 1.46. The standard InChI is InChI=1S/C18H16N6O/c1-24-18-16(22-23-24)17(19-12-20-18)21-14-9-7-13(8-10-14)11-25-15-5-3-2-4-6-15/h2-10,12H,11H2,1H3,(H,19,20,21). The molecular formula is C18H16N6O. The lowest BCUT2D eigenvalue weighted by molar-refractivity contribution is 0.306. The fourth-order valence-corrected chi connectivity index (χ4v) is 2.45. The summed E-state index contributed by atoms with van der Waals surface area (Å²) < 4.78 is 7.37. The Hall–Kier alpha value is -3.48. The predicted molar refractivity (Wildman–Crippen MR) is 94.6 cm³/mol. The van der Waals surface area contributed by atoms with Gasteiger partial charge in [-0.3, -0.25) is 0 Å². The molecule has 0 saturated carbocycles. The number of rotatable bonds is 5. The van der Waals surface area contributed by atoms with Crippen molar-refractivity contribution in [2.24, 2.45) is 7.05 Å². The lowest BCUT2D eigenvalue weighted by atomic mass is 10.2. The summed E-state index contributed by atoms with van der Waals surface area (Å²) >= 11 is 0. The van der Waals surface area contributed by atoms with Crippen molar-refractivity contribution >= 4 is 22.7 Å². The van der Waals surface area contributed by atoms with Crippen molar-refractivity contribution in [1.82, 2.24) is 25.0 Å². The van der Waals surface area contributed by atoms with Gasteiger partial charge in [0.25, 0.3) is 0 Å². The van der Waals surface area contributed by atoms with E-state index in [1.807, 2.05) is 54.6 Å². The number of hydrogen-bond acceptors (Lipinski definition) is 6. The highest BCUT2D eigenvalue weighted by Gasteiger charge is 2.09. The summed E-state index contributed by atoms with van der Waals surface area (Å²) in [6.07, 6.45) is 1.50. The van der Waals surface area contributed by atoms with Gasteiger partial charge in [-0.2, -0.15) is 0 Å². The van der Waals surface area contributed by atoms with Gasteiger partial charge in [0.1, 0.15) is 18.7 Å². The number of para-hydroxylation sites is 1. The minimum atomic E-state index is 0.520. The summed E-state index contributed by atoms with van der Waals surface area (Å²) in [6, 6.07) is 17.8. The zero-order valence-corrected chi connectivity index (χ0v) is 13.6. The highest BCUT2D eigenvalue weighted by Crippen LogP contribution is 2.21. The van der Waals surface area contributed by atoms with E-state index in [9.17, 15) is 0 Å². The van der Waals surface area contributed by atoms with Crippen molar-refractivity contribution in [3.05, 3.63) is 66.5 Å². The average Bonchev–Trinajstić information content (AvgIpc) is 3.04. The molecule has 1 N–H and O–H groups in total. The van der Waals surface area contributed by atoms with Crippen LogP contribution in [-0.4, -0.2) is 25.0 Å². The number of fused-ring (bicyclic) bond motifs is 1. The van der Waals surface area contributed by atoms with Gasteiger partial charge in [0.15, 0.2) is 17.0 Å². The van der Waals surface area contributed by atoms with Crippen LogP contribution in [0.4, 0.5) is 11.5 Å². The monoisotopic (exact) mass is 332 g/mol. The van der Waals surface area contributed by atoms with Gasteiger partial charge >= 0.3 is 0 Å². The molecule has 0 saturated heterocycles. The summed E-state index contributed by atoms with van der Waals surface area (Å²) in [5, 5.41) is 11.3. The fraction of sp³-hybridized carbons (Fsp3) is 0.111. The summed E-state index contributed by atoms with van der Waals surface area (Å²) in [5.74, 6) is 1.49. The summed E-state index contributed by atoms with van der Waals surface area (Å²) in [4.78, 5) is 8.43. The summed E-state index contributed by atoms with van der Waals surface area (Å²) in [7, 11) is 1.80. The number of benzene rings is 2. The zero-order valence-electron chi connectivity index (χ0n) is 13.6. The third-order valence-corrected chi connectivity index (χ3v) is 3.75. The van der Waals surface area contributed by atoms with E-state index in [1.165, 1.54) is 6.33 Å². The largest absolute Gasteiger partial charge is 0.489 e.